The molecule has 1 aliphatic rings. The molecule has 1 heterocycles. The molecule has 110 valence electrons. The van der Waals surface area contributed by atoms with Crippen LogP contribution in [0.25, 0.3) is 0 Å². The van der Waals surface area contributed by atoms with Gasteiger partial charge in [-0.1, -0.05) is 12.8 Å². The van der Waals surface area contributed by atoms with E-state index < -0.39 is 17.4 Å². The number of nitrogens with one attached hydrogen (secondary N) is 2. The first-order valence-corrected chi connectivity index (χ1v) is 6.78. The van der Waals surface area contributed by atoms with E-state index in [0.29, 0.717) is 5.69 Å². The molecule has 1 aromatic rings. The molecule has 7 nitrogen and oxygen atoms in total. The van der Waals surface area contributed by atoms with Gasteiger partial charge in [-0.15, -0.1) is 0 Å². The number of carboxylic acids is 1. The fraction of sp³-hybridized carbons (Fsp3) is 0.615. The van der Waals surface area contributed by atoms with Gasteiger partial charge in [0.2, 0.25) is 5.91 Å². The Morgan fingerprint density at radius 2 is 2.20 bits per heavy atom. The number of hydrogen-bond acceptors (Lipinski definition) is 4. The van der Waals surface area contributed by atoms with Crippen molar-refractivity contribution < 1.29 is 14.7 Å². The van der Waals surface area contributed by atoms with Gasteiger partial charge >= 0.3 is 5.97 Å². The number of nitrogens with two attached hydrogens (primary N) is 1. The maximum atomic E-state index is 12.4. The van der Waals surface area contributed by atoms with Gasteiger partial charge in [0, 0.05) is 24.9 Å². The number of aromatic amines is 1. The Balaban J connectivity index is 2.04. The van der Waals surface area contributed by atoms with Gasteiger partial charge in [-0.05, 0) is 12.8 Å². The third-order valence-electron chi connectivity index (χ3n) is 4.02. The predicted molar refractivity (Wildman–Crippen MR) is 71.8 cm³/mol. The summed E-state index contributed by atoms with van der Waals surface area (Å²) >= 11 is 0. The number of aliphatic carboxylic acids is 1. The van der Waals surface area contributed by atoms with Crippen molar-refractivity contribution in [2.75, 3.05) is 6.54 Å². The SMILES string of the molecule is NCC1(C(=O)NC(Cc2cnc[nH]2)C(=O)O)CCCC1. The van der Waals surface area contributed by atoms with E-state index in [1.165, 1.54) is 6.33 Å². The summed E-state index contributed by atoms with van der Waals surface area (Å²) in [6.07, 6.45) is 6.59. The van der Waals surface area contributed by atoms with Gasteiger partial charge < -0.3 is 21.1 Å². The first kappa shape index (κ1) is 14.5. The predicted octanol–water partition coefficient (Wildman–Crippen LogP) is 0.0407. The number of H-pyrrole nitrogens is 1. The van der Waals surface area contributed by atoms with Crippen molar-refractivity contribution in [3.05, 3.63) is 18.2 Å². The van der Waals surface area contributed by atoms with Crippen molar-refractivity contribution in [2.45, 2.75) is 38.1 Å². The van der Waals surface area contributed by atoms with E-state index >= 15 is 0 Å². The Morgan fingerprint density at radius 3 is 2.70 bits per heavy atom. The lowest BCUT2D eigenvalue weighted by atomic mass is 9.85. The lowest BCUT2D eigenvalue weighted by Gasteiger charge is -2.27. The molecule has 0 aliphatic heterocycles. The maximum absolute atomic E-state index is 12.4. The number of rotatable bonds is 6. The molecule has 1 amide bonds. The molecule has 5 N–H and O–H groups in total. The molecule has 20 heavy (non-hydrogen) atoms. The fourth-order valence-electron chi connectivity index (χ4n) is 2.70. The minimum Gasteiger partial charge on any atom is -0.480 e. The van der Waals surface area contributed by atoms with E-state index in [0.717, 1.165) is 25.7 Å². The summed E-state index contributed by atoms with van der Waals surface area (Å²) in [5.41, 5.74) is 5.81. The lowest BCUT2D eigenvalue weighted by molar-refractivity contribution is -0.143. The quantitative estimate of drug-likeness (QED) is 0.586. The second-order valence-electron chi connectivity index (χ2n) is 5.34. The highest BCUT2D eigenvalue weighted by Gasteiger charge is 2.41. The zero-order valence-electron chi connectivity index (χ0n) is 11.3. The van der Waals surface area contributed by atoms with Crippen LogP contribution in [-0.2, 0) is 16.0 Å². The highest BCUT2D eigenvalue weighted by molar-refractivity contribution is 5.88. The average Bonchev–Trinajstić information content (AvgIpc) is 3.09. The molecule has 0 spiro atoms. The Morgan fingerprint density at radius 1 is 1.50 bits per heavy atom. The number of carbonyl (C=O) groups is 2. The van der Waals surface area contributed by atoms with Crippen molar-refractivity contribution in [3.8, 4) is 0 Å². The Bertz CT molecular complexity index is 466. The second kappa shape index (κ2) is 6.04. The topological polar surface area (TPSA) is 121 Å². The first-order valence-electron chi connectivity index (χ1n) is 6.78. The molecule has 1 fully saturated rings. The van der Waals surface area contributed by atoms with E-state index in [2.05, 4.69) is 15.3 Å². The zero-order chi connectivity index (χ0) is 14.6. The lowest BCUT2D eigenvalue weighted by Crippen LogP contribution is -2.51. The molecule has 1 atom stereocenters. The summed E-state index contributed by atoms with van der Waals surface area (Å²) in [5, 5.41) is 11.9. The number of carboxylic acid groups (broad SMARTS) is 1. The number of carbonyl (C=O) groups excluding carboxylic acids is 1. The van der Waals surface area contributed by atoms with Gasteiger partial charge in [0.05, 0.1) is 11.7 Å². The van der Waals surface area contributed by atoms with Crippen molar-refractivity contribution in [1.29, 1.82) is 0 Å². The van der Waals surface area contributed by atoms with Gasteiger partial charge in [0.25, 0.3) is 0 Å². The van der Waals surface area contributed by atoms with Crippen molar-refractivity contribution >= 4 is 11.9 Å². The highest BCUT2D eigenvalue weighted by Crippen LogP contribution is 2.37. The Kier molecular flexibility index (Phi) is 4.39. The van der Waals surface area contributed by atoms with Crippen LogP contribution in [0.3, 0.4) is 0 Å². The molecule has 1 aromatic heterocycles. The zero-order valence-corrected chi connectivity index (χ0v) is 11.3. The minimum absolute atomic E-state index is 0.182. The molecule has 7 heteroatoms. The van der Waals surface area contributed by atoms with Crippen LogP contribution in [0, 0.1) is 5.41 Å². The van der Waals surface area contributed by atoms with Gasteiger partial charge in [-0.3, -0.25) is 4.79 Å². The summed E-state index contributed by atoms with van der Waals surface area (Å²) in [6, 6.07) is -0.966. The van der Waals surface area contributed by atoms with Crippen LogP contribution in [0.2, 0.25) is 0 Å². The number of imidazole rings is 1. The number of amides is 1. The monoisotopic (exact) mass is 280 g/mol. The van der Waals surface area contributed by atoms with Gasteiger partial charge in [-0.25, -0.2) is 9.78 Å². The van der Waals surface area contributed by atoms with E-state index in [1.54, 1.807) is 6.20 Å². The molecule has 0 radical (unpaired) electrons. The third kappa shape index (κ3) is 2.98. The Labute approximate surface area is 117 Å². The van der Waals surface area contributed by atoms with Gasteiger partial charge in [0.15, 0.2) is 0 Å². The molecular weight excluding hydrogens is 260 g/mol. The molecule has 2 rings (SSSR count). The normalized spacial score (nSPS) is 18.6. The first-order chi connectivity index (χ1) is 9.57. The molecule has 0 aromatic carbocycles. The van der Waals surface area contributed by atoms with Crippen LogP contribution < -0.4 is 11.1 Å². The molecule has 1 unspecified atom stereocenters. The standard InChI is InChI=1S/C13H20N4O3/c14-7-13(3-1-2-4-13)12(20)17-10(11(18)19)5-9-6-15-8-16-9/h6,8,10H,1-5,7,14H2,(H,15,16)(H,17,20)(H,18,19). The molecule has 1 saturated carbocycles. The summed E-state index contributed by atoms with van der Waals surface area (Å²) < 4.78 is 0. The van der Waals surface area contributed by atoms with Crippen LogP contribution in [0.4, 0.5) is 0 Å². The summed E-state index contributed by atoms with van der Waals surface area (Å²) in [6.45, 7) is 0.259. The van der Waals surface area contributed by atoms with Crippen LogP contribution in [0.5, 0.6) is 0 Å². The van der Waals surface area contributed by atoms with Gasteiger partial charge in [-0.2, -0.15) is 0 Å². The summed E-state index contributed by atoms with van der Waals surface area (Å²) in [5.74, 6) is -1.30. The smallest absolute Gasteiger partial charge is 0.326 e. The third-order valence-corrected chi connectivity index (χ3v) is 4.02. The summed E-state index contributed by atoms with van der Waals surface area (Å²) in [4.78, 5) is 30.3. The number of hydrogen-bond donors (Lipinski definition) is 4. The van der Waals surface area contributed by atoms with Crippen LogP contribution in [-0.4, -0.2) is 39.5 Å². The fourth-order valence-corrected chi connectivity index (χ4v) is 2.70. The highest BCUT2D eigenvalue weighted by atomic mass is 16.4. The second-order valence-corrected chi connectivity index (χ2v) is 5.34. The van der Waals surface area contributed by atoms with Crippen LogP contribution >= 0.6 is 0 Å². The number of nitrogens with zero attached hydrogens (tertiary/aromatic N) is 1. The van der Waals surface area contributed by atoms with E-state index in [-0.39, 0.29) is 18.9 Å². The molecule has 1 aliphatic carbocycles. The largest absolute Gasteiger partial charge is 0.480 e. The summed E-state index contributed by atoms with van der Waals surface area (Å²) in [7, 11) is 0. The minimum atomic E-state index is -1.06. The Hall–Kier alpha value is -1.89. The van der Waals surface area contributed by atoms with Crippen molar-refractivity contribution in [1.82, 2.24) is 15.3 Å². The van der Waals surface area contributed by atoms with E-state index in [9.17, 15) is 14.7 Å². The van der Waals surface area contributed by atoms with E-state index in [1.807, 2.05) is 0 Å². The van der Waals surface area contributed by atoms with Crippen molar-refractivity contribution in [3.63, 3.8) is 0 Å². The van der Waals surface area contributed by atoms with Crippen LogP contribution in [0.15, 0.2) is 12.5 Å². The maximum Gasteiger partial charge on any atom is 0.326 e. The average molecular weight is 280 g/mol. The molecule has 0 bridgehead atoms. The van der Waals surface area contributed by atoms with Gasteiger partial charge in [0.1, 0.15) is 6.04 Å². The van der Waals surface area contributed by atoms with E-state index in [4.69, 9.17) is 5.73 Å². The van der Waals surface area contributed by atoms with Crippen LogP contribution in [0.1, 0.15) is 31.4 Å². The van der Waals surface area contributed by atoms with Crippen molar-refractivity contribution in [2.24, 2.45) is 11.1 Å². The molecular formula is C13H20N4O3. The molecule has 0 saturated heterocycles. The number of aromatic nitrogens is 2.